The molecule has 1 saturated heterocycles. The van der Waals surface area contributed by atoms with Gasteiger partial charge in [-0.2, -0.15) is 0 Å². The highest BCUT2D eigenvalue weighted by Crippen LogP contribution is 2.27. The summed E-state index contributed by atoms with van der Waals surface area (Å²) in [6.07, 6.45) is 4.44. The van der Waals surface area contributed by atoms with Crippen molar-refractivity contribution >= 4 is 47.2 Å². The summed E-state index contributed by atoms with van der Waals surface area (Å²) in [7, 11) is 1.73. The smallest absolute Gasteiger partial charge is 0.240 e. The van der Waals surface area contributed by atoms with Gasteiger partial charge in [0.15, 0.2) is 0 Å². The Morgan fingerprint density at radius 3 is 2.59 bits per heavy atom. The van der Waals surface area contributed by atoms with Crippen LogP contribution in [0.4, 0.5) is 11.4 Å². The van der Waals surface area contributed by atoms with Crippen LogP contribution in [0.3, 0.4) is 0 Å². The number of nitrogens with zero attached hydrogens (tertiary/aromatic N) is 3. The minimum atomic E-state index is -0.0216. The molecule has 1 aliphatic rings. The third kappa shape index (κ3) is 7.05. The number of carbonyl (C=O) groups excluding carboxylic acids is 2. The first kappa shape index (κ1) is 25.5. The number of nitrogen functional groups attached to an aromatic ring is 1. The van der Waals surface area contributed by atoms with E-state index in [1.807, 2.05) is 4.90 Å². The van der Waals surface area contributed by atoms with Crippen molar-refractivity contribution in [2.75, 3.05) is 43.9 Å². The van der Waals surface area contributed by atoms with Gasteiger partial charge in [0.2, 0.25) is 11.8 Å². The zero-order valence-corrected chi connectivity index (χ0v) is 19.3. The standard InChI is InChI=1S/C21H33ClN4O2.ClH/c1-4-6-7-20(27)26(11-5-2)17-10-12-25(14-17)15-21(28)24(3)19-9-8-16(23)13-18(19)22;/h8-9,13,17H,4-7,10-12,14-15,23H2,1-3H3;1H. The van der Waals surface area contributed by atoms with Crippen molar-refractivity contribution < 1.29 is 9.59 Å². The van der Waals surface area contributed by atoms with Crippen molar-refractivity contribution in [2.24, 2.45) is 0 Å². The molecular weight excluding hydrogens is 411 g/mol. The molecule has 0 aromatic heterocycles. The fraction of sp³-hybridized carbons (Fsp3) is 0.619. The lowest BCUT2D eigenvalue weighted by molar-refractivity contribution is -0.133. The molecule has 1 unspecified atom stereocenters. The molecule has 2 N–H and O–H groups in total. The molecule has 29 heavy (non-hydrogen) atoms. The van der Waals surface area contributed by atoms with E-state index in [1.165, 1.54) is 0 Å². The summed E-state index contributed by atoms with van der Waals surface area (Å²) in [5, 5.41) is 0.464. The van der Waals surface area contributed by atoms with Gasteiger partial charge in [-0.25, -0.2) is 0 Å². The number of rotatable bonds is 9. The van der Waals surface area contributed by atoms with Crippen LogP contribution in [0, 0.1) is 0 Å². The van der Waals surface area contributed by atoms with E-state index < -0.39 is 0 Å². The molecule has 1 atom stereocenters. The maximum atomic E-state index is 12.7. The second-order valence-corrected chi connectivity index (χ2v) is 7.94. The quantitative estimate of drug-likeness (QED) is 0.587. The number of unbranched alkanes of at least 4 members (excludes halogenated alkanes) is 1. The van der Waals surface area contributed by atoms with Crippen LogP contribution in [0.1, 0.15) is 46.0 Å². The SMILES string of the molecule is CCCCC(=O)N(CCC)C1CCN(CC(=O)N(C)c2ccc(N)cc2Cl)C1.Cl. The zero-order valence-electron chi connectivity index (χ0n) is 17.7. The predicted molar refractivity (Wildman–Crippen MR) is 123 cm³/mol. The highest BCUT2D eigenvalue weighted by atomic mass is 35.5. The van der Waals surface area contributed by atoms with Crippen molar-refractivity contribution in [3.8, 4) is 0 Å². The van der Waals surface area contributed by atoms with Gasteiger partial charge in [0.05, 0.1) is 17.3 Å². The maximum Gasteiger partial charge on any atom is 0.240 e. The highest BCUT2D eigenvalue weighted by Gasteiger charge is 2.31. The van der Waals surface area contributed by atoms with Gasteiger partial charge < -0.3 is 15.5 Å². The summed E-state index contributed by atoms with van der Waals surface area (Å²) >= 11 is 6.23. The van der Waals surface area contributed by atoms with Crippen molar-refractivity contribution in [3.63, 3.8) is 0 Å². The van der Waals surface area contributed by atoms with Crippen LogP contribution in [0.2, 0.25) is 5.02 Å². The monoisotopic (exact) mass is 444 g/mol. The minimum Gasteiger partial charge on any atom is -0.399 e. The normalized spacial score (nSPS) is 16.3. The number of nitrogens with two attached hydrogens (primary N) is 1. The Kier molecular flexibility index (Phi) is 10.8. The Hall–Kier alpha value is -1.50. The second-order valence-electron chi connectivity index (χ2n) is 7.53. The first-order valence-corrected chi connectivity index (χ1v) is 10.6. The molecule has 1 aromatic rings. The lowest BCUT2D eigenvalue weighted by atomic mass is 10.1. The van der Waals surface area contributed by atoms with Crippen LogP contribution in [0.25, 0.3) is 0 Å². The number of halogens is 2. The average Bonchev–Trinajstić information content (AvgIpc) is 3.11. The number of amides is 2. The molecule has 1 fully saturated rings. The third-order valence-corrected chi connectivity index (χ3v) is 5.59. The lowest BCUT2D eigenvalue weighted by Gasteiger charge is -2.29. The Morgan fingerprint density at radius 1 is 1.24 bits per heavy atom. The lowest BCUT2D eigenvalue weighted by Crippen LogP contribution is -2.44. The van der Waals surface area contributed by atoms with Gasteiger partial charge in [0, 0.05) is 44.8 Å². The second kappa shape index (κ2) is 12.3. The van der Waals surface area contributed by atoms with Crippen LogP contribution < -0.4 is 10.6 Å². The number of likely N-dealkylation sites (N-methyl/N-ethyl adjacent to an activating group) is 1. The number of carbonyl (C=O) groups is 2. The summed E-state index contributed by atoms with van der Waals surface area (Å²) < 4.78 is 0. The van der Waals surface area contributed by atoms with Crippen LogP contribution in [-0.2, 0) is 9.59 Å². The largest absolute Gasteiger partial charge is 0.399 e. The van der Waals surface area contributed by atoms with Gasteiger partial charge in [0.25, 0.3) is 0 Å². The van der Waals surface area contributed by atoms with Crippen molar-refractivity contribution in [2.45, 2.75) is 52.0 Å². The van der Waals surface area contributed by atoms with E-state index in [-0.39, 0.29) is 30.3 Å². The van der Waals surface area contributed by atoms with E-state index in [9.17, 15) is 9.59 Å². The van der Waals surface area contributed by atoms with Crippen LogP contribution in [0.15, 0.2) is 18.2 Å². The first-order valence-electron chi connectivity index (χ1n) is 10.2. The Morgan fingerprint density at radius 2 is 1.97 bits per heavy atom. The summed E-state index contributed by atoms with van der Waals surface area (Å²) in [4.78, 5) is 31.0. The van der Waals surface area contributed by atoms with E-state index in [0.717, 1.165) is 45.3 Å². The maximum absolute atomic E-state index is 12.7. The molecule has 164 valence electrons. The highest BCUT2D eigenvalue weighted by molar-refractivity contribution is 6.34. The Bertz CT molecular complexity index is 687. The topological polar surface area (TPSA) is 69.9 Å². The van der Waals surface area contributed by atoms with Crippen molar-refractivity contribution in [1.82, 2.24) is 9.80 Å². The molecule has 2 amide bonds. The van der Waals surface area contributed by atoms with Gasteiger partial charge >= 0.3 is 0 Å². The van der Waals surface area contributed by atoms with E-state index >= 15 is 0 Å². The van der Waals surface area contributed by atoms with E-state index in [2.05, 4.69) is 18.7 Å². The van der Waals surface area contributed by atoms with Crippen LogP contribution in [-0.4, -0.2) is 60.9 Å². The molecule has 1 heterocycles. The van der Waals surface area contributed by atoms with Crippen LogP contribution in [0.5, 0.6) is 0 Å². The first-order chi connectivity index (χ1) is 13.4. The fourth-order valence-corrected chi connectivity index (χ4v) is 3.98. The van der Waals surface area contributed by atoms with E-state index in [1.54, 1.807) is 30.1 Å². The summed E-state index contributed by atoms with van der Waals surface area (Å²) in [6.45, 7) is 6.87. The third-order valence-electron chi connectivity index (χ3n) is 5.28. The fourth-order valence-electron chi connectivity index (χ4n) is 3.66. The van der Waals surface area contributed by atoms with Gasteiger partial charge in [0.1, 0.15) is 0 Å². The molecule has 0 saturated carbocycles. The van der Waals surface area contributed by atoms with E-state index in [0.29, 0.717) is 29.4 Å². The molecule has 1 aliphatic heterocycles. The summed E-state index contributed by atoms with van der Waals surface area (Å²) in [6, 6.07) is 5.35. The molecule has 6 nitrogen and oxygen atoms in total. The molecule has 8 heteroatoms. The average molecular weight is 445 g/mol. The predicted octanol–water partition coefficient (Wildman–Crippen LogP) is 3.81. The number of hydrogen-bond donors (Lipinski definition) is 1. The molecule has 0 aliphatic carbocycles. The number of anilines is 2. The van der Waals surface area contributed by atoms with Gasteiger partial charge in [-0.1, -0.05) is 31.9 Å². The number of hydrogen-bond acceptors (Lipinski definition) is 4. The zero-order chi connectivity index (χ0) is 20.7. The van der Waals surface area contributed by atoms with Gasteiger partial charge in [-0.3, -0.25) is 14.5 Å². The van der Waals surface area contributed by atoms with Gasteiger partial charge in [-0.05, 0) is 37.5 Å². The summed E-state index contributed by atoms with van der Waals surface area (Å²) in [5.41, 5.74) is 6.95. The van der Waals surface area contributed by atoms with Crippen molar-refractivity contribution in [1.29, 1.82) is 0 Å². The van der Waals surface area contributed by atoms with Gasteiger partial charge in [-0.15, -0.1) is 12.4 Å². The molecule has 1 aromatic carbocycles. The Balaban J connectivity index is 0.00000420. The molecule has 0 bridgehead atoms. The van der Waals surface area contributed by atoms with Crippen LogP contribution >= 0.6 is 24.0 Å². The van der Waals surface area contributed by atoms with E-state index in [4.69, 9.17) is 17.3 Å². The molecule has 0 radical (unpaired) electrons. The number of likely N-dealkylation sites (tertiary alicyclic amines) is 1. The minimum absolute atomic E-state index is 0. The molecular formula is C21H34Cl2N4O2. The molecule has 0 spiro atoms. The Labute approximate surface area is 185 Å². The van der Waals surface area contributed by atoms with Crippen molar-refractivity contribution in [3.05, 3.63) is 23.2 Å². The summed E-state index contributed by atoms with van der Waals surface area (Å²) in [5.74, 6) is 0.222. The number of benzene rings is 1. The molecule has 2 rings (SSSR count).